The third-order valence-corrected chi connectivity index (χ3v) is 6.17. The van der Waals surface area contributed by atoms with Crippen LogP contribution in [0.15, 0.2) is 34.7 Å². The molecule has 0 saturated carbocycles. The van der Waals surface area contributed by atoms with Crippen LogP contribution in [-0.2, 0) is 19.1 Å². The predicted octanol–water partition coefficient (Wildman–Crippen LogP) is 3.90. The van der Waals surface area contributed by atoms with Crippen LogP contribution in [0.25, 0.3) is 0 Å². The molecule has 1 aromatic carbocycles. The van der Waals surface area contributed by atoms with Crippen LogP contribution in [0.5, 0.6) is 17.2 Å². The molecule has 34 heavy (non-hydrogen) atoms. The summed E-state index contributed by atoms with van der Waals surface area (Å²) >= 11 is 0. The zero-order valence-electron chi connectivity index (χ0n) is 21.1. The van der Waals surface area contributed by atoms with Crippen molar-refractivity contribution in [2.24, 2.45) is 5.41 Å². The Labute approximate surface area is 201 Å². The summed E-state index contributed by atoms with van der Waals surface area (Å²) in [7, 11) is 4.59. The van der Waals surface area contributed by atoms with Gasteiger partial charge in [0, 0.05) is 35.6 Å². The Kier molecular flexibility index (Phi) is 7.92. The van der Waals surface area contributed by atoms with E-state index in [9.17, 15) is 9.59 Å². The smallest absolute Gasteiger partial charge is 0.336 e. The summed E-state index contributed by atoms with van der Waals surface area (Å²) in [6.07, 6.45) is 1.06. The molecule has 1 aliphatic heterocycles. The van der Waals surface area contributed by atoms with Gasteiger partial charge in [0.15, 0.2) is 17.3 Å². The van der Waals surface area contributed by atoms with Gasteiger partial charge < -0.3 is 29.0 Å². The van der Waals surface area contributed by atoms with E-state index in [4.69, 9.17) is 23.7 Å². The normalized spacial score (nSPS) is 19.4. The van der Waals surface area contributed by atoms with Crippen molar-refractivity contribution in [1.29, 1.82) is 0 Å². The minimum atomic E-state index is -0.672. The summed E-state index contributed by atoms with van der Waals surface area (Å²) in [4.78, 5) is 26.8. The number of hydrogen-bond donors (Lipinski definition) is 1. The number of allylic oxidation sites excluding steroid dienone is 3. The van der Waals surface area contributed by atoms with Gasteiger partial charge in [-0.1, -0.05) is 19.9 Å². The average molecular weight is 474 g/mol. The first-order valence-corrected chi connectivity index (χ1v) is 11.5. The third kappa shape index (κ3) is 4.92. The maximum Gasteiger partial charge on any atom is 0.336 e. The quantitative estimate of drug-likeness (QED) is 0.427. The summed E-state index contributed by atoms with van der Waals surface area (Å²) in [6, 6.07) is 3.57. The molecule has 0 fully saturated rings. The standard InChI is InChI=1S/C26H35NO7/c1-8-33-11-12-34-25(29)20-15(2)27-17-13-26(3,4)14-18(28)22(17)21(20)16-9-10-19(30-5)24(32-7)23(16)31-6/h9-10,21,27H,8,11-14H2,1-7H3. The number of rotatable bonds is 9. The maximum absolute atomic E-state index is 13.5. The number of carbonyl (C=O) groups is 2. The lowest BCUT2D eigenvalue weighted by Gasteiger charge is -2.39. The van der Waals surface area contributed by atoms with E-state index in [1.807, 2.05) is 19.9 Å². The lowest BCUT2D eigenvalue weighted by Crippen LogP contribution is -2.39. The van der Waals surface area contributed by atoms with Gasteiger partial charge in [0.25, 0.3) is 0 Å². The van der Waals surface area contributed by atoms with Crippen LogP contribution in [0.4, 0.5) is 0 Å². The molecule has 0 amide bonds. The highest BCUT2D eigenvalue weighted by Gasteiger charge is 2.44. The first-order chi connectivity index (χ1) is 16.2. The van der Waals surface area contributed by atoms with Gasteiger partial charge in [-0.2, -0.15) is 0 Å². The molecule has 0 aromatic heterocycles. The highest BCUT2D eigenvalue weighted by atomic mass is 16.6. The Balaban J connectivity index is 2.18. The Morgan fingerprint density at radius 1 is 1.06 bits per heavy atom. The molecule has 0 saturated heterocycles. The van der Waals surface area contributed by atoms with Gasteiger partial charge in [-0.05, 0) is 31.7 Å². The number of benzene rings is 1. The van der Waals surface area contributed by atoms with Crippen molar-refractivity contribution >= 4 is 11.8 Å². The van der Waals surface area contributed by atoms with Gasteiger partial charge in [-0.15, -0.1) is 0 Å². The molecule has 8 heteroatoms. The molecule has 1 N–H and O–H groups in total. The summed E-state index contributed by atoms with van der Waals surface area (Å²) in [5, 5.41) is 3.33. The van der Waals surface area contributed by atoms with Crippen LogP contribution in [-0.4, -0.2) is 52.9 Å². The van der Waals surface area contributed by atoms with Crippen LogP contribution in [0.3, 0.4) is 0 Å². The second-order valence-corrected chi connectivity index (χ2v) is 9.19. The van der Waals surface area contributed by atoms with Crippen molar-refractivity contribution in [3.63, 3.8) is 0 Å². The Morgan fingerprint density at radius 2 is 1.76 bits per heavy atom. The highest BCUT2D eigenvalue weighted by molar-refractivity contribution is 6.04. The number of carbonyl (C=O) groups excluding carboxylic acids is 2. The fraction of sp³-hybridized carbons (Fsp3) is 0.538. The van der Waals surface area contributed by atoms with E-state index in [2.05, 4.69) is 19.2 Å². The molecule has 1 unspecified atom stereocenters. The Morgan fingerprint density at radius 3 is 2.38 bits per heavy atom. The van der Waals surface area contributed by atoms with Gasteiger partial charge in [0.1, 0.15) is 6.61 Å². The predicted molar refractivity (Wildman–Crippen MR) is 127 cm³/mol. The highest BCUT2D eigenvalue weighted by Crippen LogP contribution is 2.51. The fourth-order valence-electron chi connectivity index (χ4n) is 4.78. The molecule has 3 rings (SSSR count). The number of Topliss-reactive ketones (excluding diaryl/α,β-unsaturated/α-hetero) is 1. The molecule has 0 bridgehead atoms. The first-order valence-electron chi connectivity index (χ1n) is 11.5. The van der Waals surface area contributed by atoms with Crippen LogP contribution in [0.2, 0.25) is 0 Å². The van der Waals surface area contributed by atoms with Gasteiger partial charge in [0.2, 0.25) is 5.75 Å². The molecule has 2 aliphatic rings. The SMILES string of the molecule is CCOCCOC(=O)C1=C(C)NC2=C(C(=O)CC(C)(C)C2)C1c1ccc(OC)c(OC)c1OC. The number of esters is 1. The van der Waals surface area contributed by atoms with Crippen molar-refractivity contribution < 1.29 is 33.3 Å². The number of nitrogens with one attached hydrogen (secondary N) is 1. The summed E-state index contributed by atoms with van der Waals surface area (Å²) in [6.45, 7) is 8.79. The molecule has 1 aromatic rings. The van der Waals surface area contributed by atoms with Crippen molar-refractivity contribution in [3.8, 4) is 17.2 Å². The zero-order chi connectivity index (χ0) is 25.0. The van der Waals surface area contributed by atoms with Crippen molar-refractivity contribution in [2.45, 2.75) is 46.5 Å². The second-order valence-electron chi connectivity index (χ2n) is 9.19. The minimum Gasteiger partial charge on any atom is -0.493 e. The lowest BCUT2D eigenvalue weighted by atomic mass is 9.68. The van der Waals surface area contributed by atoms with Crippen molar-refractivity contribution in [3.05, 3.63) is 40.2 Å². The summed E-state index contributed by atoms with van der Waals surface area (Å²) in [5.74, 6) is 0.112. The van der Waals surface area contributed by atoms with E-state index >= 15 is 0 Å². The topological polar surface area (TPSA) is 92.3 Å². The molecule has 186 valence electrons. The first kappa shape index (κ1) is 25.6. The number of dihydropyridines is 1. The average Bonchev–Trinajstić information content (AvgIpc) is 2.78. The van der Waals surface area contributed by atoms with Gasteiger partial charge in [-0.3, -0.25) is 4.79 Å². The van der Waals surface area contributed by atoms with Gasteiger partial charge in [0.05, 0.1) is 39.4 Å². The molecule has 8 nitrogen and oxygen atoms in total. The van der Waals surface area contributed by atoms with E-state index in [0.29, 0.717) is 65.7 Å². The van der Waals surface area contributed by atoms with Gasteiger partial charge in [-0.25, -0.2) is 4.79 Å². The summed E-state index contributed by atoms with van der Waals surface area (Å²) < 4.78 is 27.6. The van der Waals surface area contributed by atoms with E-state index in [1.54, 1.807) is 13.2 Å². The number of methoxy groups -OCH3 is 3. The van der Waals surface area contributed by atoms with Gasteiger partial charge >= 0.3 is 5.97 Å². The Bertz CT molecular complexity index is 1020. The maximum atomic E-state index is 13.5. The van der Waals surface area contributed by atoms with Crippen LogP contribution in [0, 0.1) is 5.41 Å². The lowest BCUT2D eigenvalue weighted by molar-refractivity contribution is -0.140. The van der Waals surface area contributed by atoms with E-state index in [0.717, 1.165) is 5.70 Å². The van der Waals surface area contributed by atoms with Crippen LogP contribution < -0.4 is 19.5 Å². The molecular formula is C26H35NO7. The number of hydrogen-bond acceptors (Lipinski definition) is 8. The van der Waals surface area contributed by atoms with E-state index < -0.39 is 11.9 Å². The van der Waals surface area contributed by atoms with Crippen LogP contribution in [0.1, 0.15) is 52.0 Å². The fourth-order valence-corrected chi connectivity index (χ4v) is 4.78. The summed E-state index contributed by atoms with van der Waals surface area (Å²) in [5.41, 5.74) is 2.85. The second kappa shape index (κ2) is 10.5. The number of ketones is 1. The number of ether oxygens (including phenoxy) is 5. The molecule has 1 heterocycles. The molecule has 0 radical (unpaired) electrons. The monoisotopic (exact) mass is 473 g/mol. The van der Waals surface area contributed by atoms with Crippen molar-refractivity contribution in [2.75, 3.05) is 41.2 Å². The van der Waals surface area contributed by atoms with E-state index in [1.165, 1.54) is 14.2 Å². The largest absolute Gasteiger partial charge is 0.493 e. The molecule has 0 spiro atoms. The third-order valence-electron chi connectivity index (χ3n) is 6.17. The van der Waals surface area contributed by atoms with Crippen LogP contribution >= 0.6 is 0 Å². The molecular weight excluding hydrogens is 438 g/mol. The molecule has 1 atom stereocenters. The Hall–Kier alpha value is -3.00. The van der Waals surface area contributed by atoms with E-state index in [-0.39, 0.29) is 17.8 Å². The minimum absolute atomic E-state index is 0.00676. The zero-order valence-corrected chi connectivity index (χ0v) is 21.1. The molecule has 1 aliphatic carbocycles. The van der Waals surface area contributed by atoms with Crippen molar-refractivity contribution in [1.82, 2.24) is 5.32 Å².